The molecule has 2 aromatic carbocycles. The molecule has 0 spiro atoms. The summed E-state index contributed by atoms with van der Waals surface area (Å²) in [5, 5.41) is 0. The number of rotatable bonds is 4. The van der Waals surface area contributed by atoms with Gasteiger partial charge in [-0.1, -0.05) is 30.3 Å². The monoisotopic (exact) mass is 311 g/mol. The molecule has 1 amide bonds. The first-order valence-electron chi connectivity index (χ1n) is 7.82. The first-order chi connectivity index (χ1) is 11.1. The number of carbonyl (C=O) groups excluding carboxylic acids is 1. The highest BCUT2D eigenvalue weighted by molar-refractivity contribution is 5.78. The third-order valence-corrected chi connectivity index (χ3v) is 4.14. The largest absolute Gasteiger partial charge is 0.493 e. The molecule has 120 valence electrons. The van der Waals surface area contributed by atoms with Gasteiger partial charge in [0.2, 0.25) is 0 Å². The molecule has 0 fully saturated rings. The lowest BCUT2D eigenvalue weighted by molar-refractivity contribution is -0.134. The second kappa shape index (κ2) is 6.73. The summed E-state index contributed by atoms with van der Waals surface area (Å²) in [6.45, 7) is 2.66. The standard InChI is InChI=1S/C19H21NO3/c1-14-6-5-7-15(12-14)23-13-19(21)20(2)17-10-11-22-18-9-4-3-8-16(17)18/h3-9,12,17H,10-11,13H2,1-2H3. The molecular formula is C19H21NO3. The van der Waals surface area contributed by atoms with Crippen molar-refractivity contribution in [1.29, 1.82) is 0 Å². The van der Waals surface area contributed by atoms with Gasteiger partial charge in [0.25, 0.3) is 5.91 Å². The smallest absolute Gasteiger partial charge is 0.260 e. The average Bonchev–Trinajstić information content (AvgIpc) is 2.58. The maximum Gasteiger partial charge on any atom is 0.260 e. The number of likely N-dealkylation sites (N-methyl/N-ethyl adjacent to an activating group) is 1. The molecule has 2 aromatic rings. The van der Waals surface area contributed by atoms with E-state index in [0.717, 1.165) is 29.0 Å². The third-order valence-electron chi connectivity index (χ3n) is 4.14. The molecule has 0 saturated carbocycles. The summed E-state index contributed by atoms with van der Waals surface area (Å²) in [5.41, 5.74) is 2.17. The number of carbonyl (C=O) groups is 1. The number of hydrogen-bond acceptors (Lipinski definition) is 3. The lowest BCUT2D eigenvalue weighted by atomic mass is 9.99. The van der Waals surface area contributed by atoms with E-state index in [9.17, 15) is 4.79 Å². The Morgan fingerprint density at radius 2 is 2.09 bits per heavy atom. The molecule has 0 radical (unpaired) electrons. The number of nitrogens with zero attached hydrogens (tertiary/aromatic N) is 1. The number of aryl methyl sites for hydroxylation is 1. The Morgan fingerprint density at radius 3 is 2.91 bits per heavy atom. The molecule has 4 nitrogen and oxygen atoms in total. The minimum atomic E-state index is -0.0341. The van der Waals surface area contributed by atoms with E-state index in [1.54, 1.807) is 4.90 Å². The highest BCUT2D eigenvalue weighted by Gasteiger charge is 2.27. The van der Waals surface area contributed by atoms with Crippen molar-refractivity contribution in [2.75, 3.05) is 20.3 Å². The van der Waals surface area contributed by atoms with Crippen molar-refractivity contribution in [2.45, 2.75) is 19.4 Å². The number of benzene rings is 2. The topological polar surface area (TPSA) is 38.8 Å². The van der Waals surface area contributed by atoms with Gasteiger partial charge in [-0.2, -0.15) is 0 Å². The maximum atomic E-state index is 12.5. The summed E-state index contributed by atoms with van der Waals surface area (Å²) in [6, 6.07) is 15.6. The predicted molar refractivity (Wildman–Crippen MR) is 88.7 cm³/mol. The fourth-order valence-electron chi connectivity index (χ4n) is 2.85. The summed E-state index contributed by atoms with van der Waals surface area (Å²) in [6.07, 6.45) is 0.795. The van der Waals surface area contributed by atoms with Crippen LogP contribution in [0.1, 0.15) is 23.6 Å². The van der Waals surface area contributed by atoms with Gasteiger partial charge in [-0.05, 0) is 30.7 Å². The van der Waals surface area contributed by atoms with Crippen LogP contribution in [0, 0.1) is 6.92 Å². The van der Waals surface area contributed by atoms with E-state index in [1.807, 2.05) is 62.5 Å². The van der Waals surface area contributed by atoms with Gasteiger partial charge >= 0.3 is 0 Å². The average molecular weight is 311 g/mol. The fraction of sp³-hybridized carbons (Fsp3) is 0.316. The van der Waals surface area contributed by atoms with Gasteiger partial charge in [0.1, 0.15) is 11.5 Å². The highest BCUT2D eigenvalue weighted by atomic mass is 16.5. The molecule has 0 bridgehead atoms. The van der Waals surface area contributed by atoms with Crippen LogP contribution in [-0.2, 0) is 4.79 Å². The molecular weight excluding hydrogens is 290 g/mol. The van der Waals surface area contributed by atoms with Crippen molar-refractivity contribution in [3.8, 4) is 11.5 Å². The van der Waals surface area contributed by atoms with E-state index < -0.39 is 0 Å². The molecule has 1 unspecified atom stereocenters. The van der Waals surface area contributed by atoms with Crippen LogP contribution in [0.2, 0.25) is 0 Å². The predicted octanol–water partition coefficient (Wildman–Crippen LogP) is 3.36. The van der Waals surface area contributed by atoms with Crippen molar-refractivity contribution in [2.24, 2.45) is 0 Å². The summed E-state index contributed by atoms with van der Waals surface area (Å²) in [5.74, 6) is 1.55. The van der Waals surface area contributed by atoms with Crippen LogP contribution in [-0.4, -0.2) is 31.1 Å². The van der Waals surface area contributed by atoms with Gasteiger partial charge in [0, 0.05) is 19.0 Å². The number of hydrogen-bond donors (Lipinski definition) is 0. The van der Waals surface area contributed by atoms with E-state index in [-0.39, 0.29) is 18.6 Å². The molecule has 1 aliphatic rings. The molecule has 4 heteroatoms. The molecule has 3 rings (SSSR count). The van der Waals surface area contributed by atoms with Crippen molar-refractivity contribution in [1.82, 2.24) is 4.90 Å². The number of ether oxygens (including phenoxy) is 2. The Labute approximate surface area is 136 Å². The molecule has 0 aromatic heterocycles. The highest BCUT2D eigenvalue weighted by Crippen LogP contribution is 2.35. The molecule has 1 aliphatic heterocycles. The Bertz CT molecular complexity index is 699. The molecule has 23 heavy (non-hydrogen) atoms. The van der Waals surface area contributed by atoms with Crippen LogP contribution in [0.25, 0.3) is 0 Å². The summed E-state index contributed by atoms with van der Waals surface area (Å²) in [7, 11) is 1.83. The third kappa shape index (κ3) is 3.47. The first-order valence-corrected chi connectivity index (χ1v) is 7.82. The van der Waals surface area contributed by atoms with E-state index in [0.29, 0.717) is 6.61 Å². The number of fused-ring (bicyclic) bond motifs is 1. The molecule has 1 atom stereocenters. The zero-order valence-corrected chi connectivity index (χ0v) is 13.5. The number of para-hydroxylation sites is 1. The van der Waals surface area contributed by atoms with Crippen LogP contribution in [0.4, 0.5) is 0 Å². The lowest BCUT2D eigenvalue weighted by Gasteiger charge is -2.33. The Morgan fingerprint density at radius 1 is 1.26 bits per heavy atom. The SMILES string of the molecule is Cc1cccc(OCC(=O)N(C)C2CCOc3ccccc32)c1. The lowest BCUT2D eigenvalue weighted by Crippen LogP contribution is -2.37. The minimum absolute atomic E-state index is 0.0341. The molecule has 1 heterocycles. The van der Waals surface area contributed by atoms with Crippen LogP contribution in [0.5, 0.6) is 11.5 Å². The van der Waals surface area contributed by atoms with Crippen LogP contribution in [0.3, 0.4) is 0 Å². The van der Waals surface area contributed by atoms with Crippen molar-refractivity contribution < 1.29 is 14.3 Å². The van der Waals surface area contributed by atoms with Gasteiger partial charge in [-0.25, -0.2) is 0 Å². The van der Waals surface area contributed by atoms with Crippen LogP contribution in [0.15, 0.2) is 48.5 Å². The Balaban J connectivity index is 1.66. The molecule has 0 N–H and O–H groups in total. The van der Waals surface area contributed by atoms with Crippen molar-refractivity contribution >= 4 is 5.91 Å². The molecule has 0 saturated heterocycles. The van der Waals surface area contributed by atoms with Crippen molar-refractivity contribution in [3.05, 3.63) is 59.7 Å². The normalized spacial score (nSPS) is 16.2. The first kappa shape index (κ1) is 15.4. The fourth-order valence-corrected chi connectivity index (χ4v) is 2.85. The molecule has 0 aliphatic carbocycles. The van der Waals surface area contributed by atoms with Crippen LogP contribution >= 0.6 is 0 Å². The Hall–Kier alpha value is -2.49. The summed E-state index contributed by atoms with van der Waals surface area (Å²) in [4.78, 5) is 14.2. The van der Waals surface area contributed by atoms with Gasteiger partial charge in [0.05, 0.1) is 12.6 Å². The van der Waals surface area contributed by atoms with Gasteiger partial charge < -0.3 is 14.4 Å². The zero-order chi connectivity index (χ0) is 16.2. The summed E-state index contributed by atoms with van der Waals surface area (Å²) < 4.78 is 11.3. The van der Waals surface area contributed by atoms with E-state index in [2.05, 4.69) is 0 Å². The van der Waals surface area contributed by atoms with E-state index in [4.69, 9.17) is 9.47 Å². The summed E-state index contributed by atoms with van der Waals surface area (Å²) >= 11 is 0. The van der Waals surface area contributed by atoms with E-state index in [1.165, 1.54) is 0 Å². The second-order valence-electron chi connectivity index (χ2n) is 5.80. The van der Waals surface area contributed by atoms with Gasteiger partial charge in [-0.15, -0.1) is 0 Å². The Kier molecular flexibility index (Phi) is 4.51. The minimum Gasteiger partial charge on any atom is -0.493 e. The second-order valence-corrected chi connectivity index (χ2v) is 5.80. The quantitative estimate of drug-likeness (QED) is 0.869. The number of amides is 1. The van der Waals surface area contributed by atoms with Gasteiger partial charge in [-0.3, -0.25) is 4.79 Å². The van der Waals surface area contributed by atoms with E-state index >= 15 is 0 Å². The van der Waals surface area contributed by atoms with Crippen LogP contribution < -0.4 is 9.47 Å². The maximum absolute atomic E-state index is 12.5. The van der Waals surface area contributed by atoms with Gasteiger partial charge in [0.15, 0.2) is 6.61 Å². The zero-order valence-electron chi connectivity index (χ0n) is 13.5. The van der Waals surface area contributed by atoms with Crippen molar-refractivity contribution in [3.63, 3.8) is 0 Å².